The molecule has 4 heterocycles. The lowest BCUT2D eigenvalue weighted by atomic mass is 9.73. The minimum Gasteiger partial charge on any atom is -0.316 e. The molecule has 0 fully saturated rings. The summed E-state index contributed by atoms with van der Waals surface area (Å²) in [4.78, 5) is 2.43. The zero-order chi connectivity index (χ0) is 31.7. The van der Waals surface area contributed by atoms with Crippen molar-refractivity contribution in [2.45, 2.75) is 38.5 Å². The van der Waals surface area contributed by atoms with Crippen LogP contribution < -0.4 is 4.90 Å². The average molecular weight is 606 g/mol. The van der Waals surface area contributed by atoms with Crippen LogP contribution in [0.4, 0.5) is 17.1 Å². The molecule has 2 aromatic heterocycles. The molecule has 8 aromatic rings. The van der Waals surface area contributed by atoms with Crippen LogP contribution in [0.2, 0.25) is 0 Å². The molecule has 0 atom stereocenters. The van der Waals surface area contributed by atoms with Crippen LogP contribution in [0.3, 0.4) is 0 Å². The zero-order valence-corrected chi connectivity index (χ0v) is 27.1. The van der Waals surface area contributed by atoms with Crippen LogP contribution in [-0.2, 0) is 10.8 Å². The third-order valence-corrected chi connectivity index (χ3v) is 11.1. The van der Waals surface area contributed by atoms with Gasteiger partial charge in [0.1, 0.15) is 0 Å². The van der Waals surface area contributed by atoms with Gasteiger partial charge in [-0.05, 0) is 82.9 Å². The lowest BCUT2D eigenvalue weighted by Gasteiger charge is -2.42. The zero-order valence-electron chi connectivity index (χ0n) is 27.1. The molecule has 0 radical (unpaired) electrons. The molecule has 47 heavy (non-hydrogen) atoms. The minimum absolute atomic E-state index is 0.0785. The highest BCUT2D eigenvalue weighted by atomic mass is 15.2. The van der Waals surface area contributed by atoms with Crippen molar-refractivity contribution in [2.24, 2.45) is 0 Å². The quantitative estimate of drug-likeness (QED) is 0.191. The topological polar surface area (TPSA) is 13.1 Å². The molecular formula is C44H35N3. The molecule has 2 aliphatic heterocycles. The fourth-order valence-electron chi connectivity index (χ4n) is 8.79. The number of fused-ring (bicyclic) bond motifs is 8. The smallest absolute Gasteiger partial charge is 0.0635 e. The maximum atomic E-state index is 2.48. The Hall–Kier alpha value is -5.54. The van der Waals surface area contributed by atoms with Gasteiger partial charge in [-0.15, -0.1) is 0 Å². The van der Waals surface area contributed by atoms with Crippen LogP contribution in [-0.4, -0.2) is 9.13 Å². The van der Waals surface area contributed by atoms with Crippen molar-refractivity contribution in [1.29, 1.82) is 0 Å². The molecule has 6 aromatic carbocycles. The third kappa shape index (κ3) is 3.36. The largest absolute Gasteiger partial charge is 0.316 e. The molecule has 2 aliphatic rings. The van der Waals surface area contributed by atoms with E-state index < -0.39 is 0 Å². The molecule has 0 amide bonds. The third-order valence-electron chi connectivity index (χ3n) is 11.1. The minimum atomic E-state index is -0.113. The van der Waals surface area contributed by atoms with Crippen molar-refractivity contribution in [1.82, 2.24) is 9.13 Å². The van der Waals surface area contributed by atoms with Crippen LogP contribution in [0.5, 0.6) is 0 Å². The van der Waals surface area contributed by atoms with Gasteiger partial charge in [0, 0.05) is 50.2 Å². The Balaban J connectivity index is 1.21. The number of para-hydroxylation sites is 4. The maximum absolute atomic E-state index is 2.48. The van der Waals surface area contributed by atoms with E-state index in [2.05, 4.69) is 181 Å². The summed E-state index contributed by atoms with van der Waals surface area (Å²) < 4.78 is 4.88. The van der Waals surface area contributed by atoms with Crippen molar-refractivity contribution in [3.63, 3.8) is 0 Å². The molecule has 0 saturated carbocycles. The monoisotopic (exact) mass is 605 g/mol. The standard InChI is InChI=1S/C44H35N3/c1-43(2)34-15-7-11-19-39(34)46(40-20-12-8-16-35(40)43)28-21-23-29(24-22-28)47-37-17-9-5-13-30(37)32-27-36-42-31(41(32)47)25-26-45(42)38-18-10-6-14-33(38)44(36,3)4/h5-27H,1-4H3. The first-order valence-electron chi connectivity index (χ1n) is 16.6. The second kappa shape index (κ2) is 9.04. The second-order valence-electron chi connectivity index (χ2n) is 14.3. The average Bonchev–Trinajstić information content (AvgIpc) is 3.68. The van der Waals surface area contributed by atoms with Gasteiger partial charge in [-0.3, -0.25) is 0 Å². The van der Waals surface area contributed by atoms with E-state index in [1.54, 1.807) is 0 Å². The van der Waals surface area contributed by atoms with Crippen molar-refractivity contribution < 1.29 is 0 Å². The Bertz CT molecular complexity index is 2530. The molecular weight excluding hydrogens is 571 g/mol. The van der Waals surface area contributed by atoms with Crippen LogP contribution in [0.25, 0.3) is 44.1 Å². The van der Waals surface area contributed by atoms with Crippen LogP contribution in [0.1, 0.15) is 49.9 Å². The summed E-state index contributed by atoms with van der Waals surface area (Å²) in [5.41, 5.74) is 15.1. The first-order valence-corrected chi connectivity index (χ1v) is 16.6. The summed E-state index contributed by atoms with van der Waals surface area (Å²) in [6.07, 6.45) is 2.26. The van der Waals surface area contributed by atoms with E-state index in [-0.39, 0.29) is 10.8 Å². The lowest BCUT2D eigenvalue weighted by molar-refractivity contribution is 0.629. The highest BCUT2D eigenvalue weighted by Gasteiger charge is 2.37. The van der Waals surface area contributed by atoms with E-state index in [9.17, 15) is 0 Å². The van der Waals surface area contributed by atoms with E-state index in [0.29, 0.717) is 0 Å². The van der Waals surface area contributed by atoms with Gasteiger partial charge >= 0.3 is 0 Å². The number of anilines is 3. The fourth-order valence-corrected chi connectivity index (χ4v) is 8.79. The van der Waals surface area contributed by atoms with E-state index >= 15 is 0 Å². The van der Waals surface area contributed by atoms with E-state index in [1.807, 2.05) is 0 Å². The molecule has 0 bridgehead atoms. The number of nitrogens with zero attached hydrogens (tertiary/aromatic N) is 3. The molecule has 0 N–H and O–H groups in total. The summed E-state index contributed by atoms with van der Waals surface area (Å²) in [6.45, 7) is 9.43. The Morgan fingerprint density at radius 2 is 0.957 bits per heavy atom. The van der Waals surface area contributed by atoms with Crippen LogP contribution in [0, 0.1) is 0 Å². The van der Waals surface area contributed by atoms with Gasteiger partial charge in [-0.1, -0.05) is 100 Å². The highest BCUT2D eigenvalue weighted by molar-refractivity contribution is 6.19. The number of benzene rings is 6. The van der Waals surface area contributed by atoms with E-state index in [0.717, 1.165) is 11.4 Å². The van der Waals surface area contributed by atoms with E-state index in [4.69, 9.17) is 0 Å². The summed E-state index contributed by atoms with van der Waals surface area (Å²) >= 11 is 0. The van der Waals surface area contributed by atoms with Crippen molar-refractivity contribution >= 4 is 49.8 Å². The predicted molar refractivity (Wildman–Crippen MR) is 197 cm³/mol. The Kier molecular flexibility index (Phi) is 5.13. The first kappa shape index (κ1) is 26.7. The second-order valence-corrected chi connectivity index (χ2v) is 14.3. The summed E-state index contributed by atoms with van der Waals surface area (Å²) in [7, 11) is 0. The van der Waals surface area contributed by atoms with Gasteiger partial charge in [-0.2, -0.15) is 0 Å². The SMILES string of the molecule is CC1(C)c2ccccc2N(c2ccc(-n3c4ccccc4c4cc5c6c(ccn6-c6ccccc6C5(C)C)c43)cc2)c2ccccc21. The fraction of sp³-hybridized carbons (Fsp3) is 0.136. The lowest BCUT2D eigenvalue weighted by Crippen LogP contribution is -2.30. The first-order chi connectivity index (χ1) is 22.9. The van der Waals surface area contributed by atoms with Gasteiger partial charge in [0.2, 0.25) is 0 Å². The number of hydrogen-bond acceptors (Lipinski definition) is 1. The summed E-state index contributed by atoms with van der Waals surface area (Å²) in [5.74, 6) is 0. The molecule has 3 heteroatoms. The molecule has 0 spiro atoms. The van der Waals surface area contributed by atoms with Crippen molar-refractivity contribution in [3.05, 3.63) is 162 Å². The molecule has 0 aliphatic carbocycles. The van der Waals surface area contributed by atoms with Crippen molar-refractivity contribution in [3.8, 4) is 11.4 Å². The summed E-state index contributed by atoms with van der Waals surface area (Å²) in [6, 6.07) is 49.5. The Morgan fingerprint density at radius 1 is 0.426 bits per heavy atom. The molecule has 0 unspecified atom stereocenters. The van der Waals surface area contributed by atoms with Gasteiger partial charge in [0.15, 0.2) is 0 Å². The van der Waals surface area contributed by atoms with Gasteiger partial charge in [0.25, 0.3) is 0 Å². The molecule has 226 valence electrons. The van der Waals surface area contributed by atoms with Gasteiger partial charge < -0.3 is 14.0 Å². The van der Waals surface area contributed by atoms with Gasteiger partial charge in [0.05, 0.1) is 27.9 Å². The number of aromatic nitrogens is 2. The van der Waals surface area contributed by atoms with E-state index in [1.165, 1.54) is 72.0 Å². The predicted octanol–water partition coefficient (Wildman–Crippen LogP) is 11.5. The molecule has 3 nitrogen and oxygen atoms in total. The Morgan fingerprint density at radius 3 is 1.64 bits per heavy atom. The van der Waals surface area contributed by atoms with Crippen molar-refractivity contribution in [2.75, 3.05) is 4.90 Å². The normalized spacial score (nSPS) is 15.5. The molecule has 0 saturated heterocycles. The number of rotatable bonds is 2. The van der Waals surface area contributed by atoms with Crippen LogP contribution in [0.15, 0.2) is 140 Å². The maximum Gasteiger partial charge on any atom is 0.0635 e. The summed E-state index contributed by atoms with van der Waals surface area (Å²) in [5, 5.41) is 3.88. The molecule has 10 rings (SSSR count). The Labute approximate surface area is 274 Å². The van der Waals surface area contributed by atoms with Gasteiger partial charge in [-0.25, -0.2) is 0 Å². The van der Waals surface area contributed by atoms with Crippen LogP contribution >= 0.6 is 0 Å². The number of hydrogen-bond donors (Lipinski definition) is 0. The highest BCUT2D eigenvalue weighted by Crippen LogP contribution is 2.52.